The van der Waals surface area contributed by atoms with E-state index in [4.69, 9.17) is 0 Å². The Morgan fingerprint density at radius 2 is 1.75 bits per heavy atom. The average Bonchev–Trinajstić information content (AvgIpc) is 2.71. The van der Waals surface area contributed by atoms with E-state index >= 15 is 0 Å². The van der Waals surface area contributed by atoms with Crippen molar-refractivity contribution < 1.29 is 0 Å². The highest BCUT2D eigenvalue weighted by Crippen LogP contribution is 2.09. The van der Waals surface area contributed by atoms with Gasteiger partial charge < -0.3 is 0 Å². The second kappa shape index (κ2) is 8.50. The van der Waals surface area contributed by atoms with Gasteiger partial charge >= 0.3 is 0 Å². The molecule has 1 aliphatic heterocycles. The number of aryl methyl sites for hydroxylation is 1. The quantitative estimate of drug-likeness (QED) is 0.689. The van der Waals surface area contributed by atoms with E-state index in [0.29, 0.717) is 0 Å². The van der Waals surface area contributed by atoms with Crippen LogP contribution in [0.15, 0.2) is 65.6 Å². The van der Waals surface area contributed by atoms with Crippen molar-refractivity contribution in [1.82, 2.24) is 19.2 Å². The van der Waals surface area contributed by atoms with Crippen LogP contribution in [0.3, 0.4) is 0 Å². The normalized spacial score (nSPS) is 16.2. The van der Waals surface area contributed by atoms with Crippen molar-refractivity contribution in [3.8, 4) is 0 Å². The van der Waals surface area contributed by atoms with Gasteiger partial charge in [0.05, 0.1) is 5.69 Å². The summed E-state index contributed by atoms with van der Waals surface area (Å²) in [5.74, 6) is 0. The van der Waals surface area contributed by atoms with Crippen LogP contribution in [0.4, 0.5) is 0 Å². The largest absolute Gasteiger partial charge is 0.297 e. The van der Waals surface area contributed by atoms with Crippen LogP contribution in [0.1, 0.15) is 16.8 Å². The molecule has 0 aliphatic carbocycles. The zero-order valence-electron chi connectivity index (χ0n) is 16.3. The lowest BCUT2D eigenvalue weighted by Crippen LogP contribution is -2.46. The molecule has 1 fully saturated rings. The number of piperazine rings is 1. The van der Waals surface area contributed by atoms with E-state index in [9.17, 15) is 4.79 Å². The van der Waals surface area contributed by atoms with Crippen LogP contribution in [0.2, 0.25) is 0 Å². The molecule has 144 valence electrons. The Hall–Kier alpha value is -2.76. The van der Waals surface area contributed by atoms with Gasteiger partial charge in [0.25, 0.3) is 5.56 Å². The van der Waals surface area contributed by atoms with E-state index in [0.717, 1.165) is 56.2 Å². The number of hydrogen-bond donors (Lipinski definition) is 0. The van der Waals surface area contributed by atoms with Crippen molar-refractivity contribution in [3.63, 3.8) is 0 Å². The molecule has 0 N–H and O–H groups in total. The molecule has 0 atom stereocenters. The number of nitrogens with zero attached hydrogens (tertiary/aromatic N) is 4. The highest BCUT2D eigenvalue weighted by atomic mass is 16.1. The minimum Gasteiger partial charge on any atom is -0.297 e. The van der Waals surface area contributed by atoms with Crippen molar-refractivity contribution in [2.45, 2.75) is 13.5 Å². The van der Waals surface area contributed by atoms with Gasteiger partial charge in [0.1, 0.15) is 5.65 Å². The lowest BCUT2D eigenvalue weighted by atomic mass is 10.2. The molecule has 0 bridgehead atoms. The number of pyridine rings is 1. The van der Waals surface area contributed by atoms with E-state index < -0.39 is 0 Å². The highest BCUT2D eigenvalue weighted by Gasteiger charge is 2.17. The lowest BCUT2D eigenvalue weighted by molar-refractivity contribution is 0.136. The van der Waals surface area contributed by atoms with Gasteiger partial charge in [-0.25, -0.2) is 4.98 Å². The van der Waals surface area contributed by atoms with Gasteiger partial charge in [-0.1, -0.05) is 48.6 Å². The second-order valence-electron chi connectivity index (χ2n) is 7.41. The standard InChI is InChI=1S/C23H26N4O/c1-19-9-10-22-24-21(16-23(28)27(22)17-19)18-26-14-12-25(13-15-26)11-5-8-20-6-3-2-4-7-20/h2-10,16-17H,11-15,18H2,1H3/b8-5+. The van der Waals surface area contributed by atoms with Crippen molar-refractivity contribution in [2.75, 3.05) is 32.7 Å². The first-order valence-corrected chi connectivity index (χ1v) is 9.83. The predicted molar refractivity (Wildman–Crippen MR) is 113 cm³/mol. The van der Waals surface area contributed by atoms with Gasteiger partial charge in [-0.05, 0) is 24.1 Å². The second-order valence-corrected chi connectivity index (χ2v) is 7.41. The van der Waals surface area contributed by atoms with E-state index in [2.05, 4.69) is 51.2 Å². The predicted octanol–water partition coefficient (Wildman–Crippen LogP) is 2.83. The van der Waals surface area contributed by atoms with Crippen molar-refractivity contribution >= 4 is 11.7 Å². The maximum absolute atomic E-state index is 12.4. The Morgan fingerprint density at radius 1 is 1.00 bits per heavy atom. The summed E-state index contributed by atoms with van der Waals surface area (Å²) in [6, 6.07) is 16.0. The summed E-state index contributed by atoms with van der Waals surface area (Å²) in [7, 11) is 0. The molecule has 0 amide bonds. The molecular formula is C23H26N4O. The molecule has 28 heavy (non-hydrogen) atoms. The fourth-order valence-corrected chi connectivity index (χ4v) is 3.60. The first-order valence-electron chi connectivity index (χ1n) is 9.83. The molecule has 5 heteroatoms. The van der Waals surface area contributed by atoms with E-state index in [1.54, 1.807) is 10.5 Å². The molecule has 1 aliphatic rings. The molecule has 0 radical (unpaired) electrons. The third-order valence-corrected chi connectivity index (χ3v) is 5.18. The van der Waals surface area contributed by atoms with E-state index in [-0.39, 0.29) is 5.56 Å². The van der Waals surface area contributed by atoms with Crippen molar-refractivity contribution in [2.24, 2.45) is 0 Å². The molecular weight excluding hydrogens is 348 g/mol. The summed E-state index contributed by atoms with van der Waals surface area (Å²) in [5.41, 5.74) is 3.86. The molecule has 0 unspecified atom stereocenters. The topological polar surface area (TPSA) is 40.9 Å². The summed E-state index contributed by atoms with van der Waals surface area (Å²) in [6.45, 7) is 7.73. The minimum atomic E-state index is -0.00612. The van der Waals surface area contributed by atoms with Crippen LogP contribution in [0, 0.1) is 6.92 Å². The van der Waals surface area contributed by atoms with Crippen LogP contribution in [0.25, 0.3) is 11.7 Å². The van der Waals surface area contributed by atoms with Gasteiger partial charge in [0.2, 0.25) is 0 Å². The maximum atomic E-state index is 12.4. The maximum Gasteiger partial charge on any atom is 0.258 e. The smallest absolute Gasteiger partial charge is 0.258 e. The number of rotatable bonds is 5. The minimum absolute atomic E-state index is 0.00612. The molecule has 1 aromatic carbocycles. The Labute approximate surface area is 165 Å². The third-order valence-electron chi connectivity index (χ3n) is 5.18. The summed E-state index contributed by atoms with van der Waals surface area (Å²) >= 11 is 0. The first-order chi connectivity index (χ1) is 13.7. The fourth-order valence-electron chi connectivity index (χ4n) is 3.60. The molecule has 2 aromatic heterocycles. The SMILES string of the molecule is Cc1ccc2nc(CN3CCN(C/C=C/c4ccccc4)CC3)cc(=O)n2c1. The number of benzene rings is 1. The molecule has 3 aromatic rings. The number of hydrogen-bond acceptors (Lipinski definition) is 4. The first kappa shape index (κ1) is 18.6. The van der Waals surface area contributed by atoms with E-state index in [1.807, 2.05) is 31.3 Å². The van der Waals surface area contributed by atoms with Gasteiger partial charge in [-0.15, -0.1) is 0 Å². The van der Waals surface area contributed by atoms with Crippen LogP contribution >= 0.6 is 0 Å². The molecule has 0 spiro atoms. The van der Waals surface area contributed by atoms with Crippen molar-refractivity contribution in [3.05, 3.63) is 88.0 Å². The molecule has 5 nitrogen and oxygen atoms in total. The molecule has 0 saturated carbocycles. The van der Waals surface area contributed by atoms with Gasteiger partial charge in [-0.3, -0.25) is 19.0 Å². The zero-order chi connectivity index (χ0) is 19.3. The monoisotopic (exact) mass is 374 g/mol. The van der Waals surface area contributed by atoms with Crippen LogP contribution in [-0.4, -0.2) is 51.9 Å². The summed E-state index contributed by atoms with van der Waals surface area (Å²) in [6.07, 6.45) is 6.26. The fraction of sp³-hybridized carbons (Fsp3) is 0.304. The van der Waals surface area contributed by atoms with Gasteiger partial charge in [-0.2, -0.15) is 0 Å². The van der Waals surface area contributed by atoms with Crippen LogP contribution < -0.4 is 5.56 Å². The van der Waals surface area contributed by atoms with Crippen molar-refractivity contribution in [1.29, 1.82) is 0 Å². The average molecular weight is 374 g/mol. The Kier molecular flexibility index (Phi) is 5.65. The third kappa shape index (κ3) is 4.55. The summed E-state index contributed by atoms with van der Waals surface area (Å²) in [4.78, 5) is 21.9. The van der Waals surface area contributed by atoms with Gasteiger partial charge in [0.15, 0.2) is 0 Å². The summed E-state index contributed by atoms with van der Waals surface area (Å²) in [5, 5.41) is 0. The molecule has 4 rings (SSSR count). The zero-order valence-corrected chi connectivity index (χ0v) is 16.3. The van der Waals surface area contributed by atoms with Crippen LogP contribution in [-0.2, 0) is 6.54 Å². The number of fused-ring (bicyclic) bond motifs is 1. The van der Waals surface area contributed by atoms with E-state index in [1.165, 1.54) is 5.56 Å². The molecule has 3 heterocycles. The lowest BCUT2D eigenvalue weighted by Gasteiger charge is -2.33. The highest BCUT2D eigenvalue weighted by molar-refractivity contribution is 5.48. The summed E-state index contributed by atoms with van der Waals surface area (Å²) < 4.78 is 1.62. The number of aromatic nitrogens is 2. The Balaban J connectivity index is 1.32. The molecule has 1 saturated heterocycles. The Morgan fingerprint density at radius 3 is 2.54 bits per heavy atom. The Bertz CT molecular complexity index is 1020. The van der Waals surface area contributed by atoms with Gasteiger partial charge in [0, 0.05) is 51.5 Å². The van der Waals surface area contributed by atoms with Crippen LogP contribution in [0.5, 0.6) is 0 Å².